The number of carbonyl (C=O) groups is 2. The van der Waals surface area contributed by atoms with Crippen molar-refractivity contribution in [2.45, 2.75) is 38.6 Å². The lowest BCUT2D eigenvalue weighted by atomic mass is 10.1. The molecule has 3 amide bonds. The van der Waals surface area contributed by atoms with Crippen molar-refractivity contribution in [1.29, 1.82) is 0 Å². The van der Waals surface area contributed by atoms with Crippen LogP contribution in [0.25, 0.3) is 0 Å². The van der Waals surface area contributed by atoms with E-state index in [1.807, 2.05) is 37.8 Å². The van der Waals surface area contributed by atoms with E-state index in [0.29, 0.717) is 31.1 Å². The predicted molar refractivity (Wildman–Crippen MR) is 103 cm³/mol. The molecule has 0 aliphatic carbocycles. The van der Waals surface area contributed by atoms with Gasteiger partial charge in [0.05, 0.1) is 10.9 Å². The molecular formula is C18H28N4O4S. The molecule has 150 valence electrons. The van der Waals surface area contributed by atoms with E-state index in [2.05, 4.69) is 10.6 Å². The van der Waals surface area contributed by atoms with Gasteiger partial charge in [0.1, 0.15) is 0 Å². The number of sulfonamides is 1. The Morgan fingerprint density at radius 2 is 1.56 bits per heavy atom. The molecule has 1 saturated heterocycles. The zero-order chi connectivity index (χ0) is 20.4. The van der Waals surface area contributed by atoms with E-state index in [1.165, 1.54) is 11.4 Å². The molecule has 1 aliphatic heterocycles. The number of carbonyl (C=O) groups excluding carboxylic acids is 2. The van der Waals surface area contributed by atoms with Crippen LogP contribution in [-0.4, -0.2) is 68.8 Å². The molecule has 8 nitrogen and oxygen atoms in total. The van der Waals surface area contributed by atoms with Crippen LogP contribution >= 0.6 is 0 Å². The van der Waals surface area contributed by atoms with E-state index in [4.69, 9.17) is 0 Å². The van der Waals surface area contributed by atoms with Gasteiger partial charge >= 0.3 is 6.03 Å². The highest BCUT2D eigenvalue weighted by Crippen LogP contribution is 2.26. The highest BCUT2D eigenvalue weighted by Gasteiger charge is 2.33. The van der Waals surface area contributed by atoms with Crippen molar-refractivity contribution in [2.24, 2.45) is 0 Å². The largest absolute Gasteiger partial charge is 0.341 e. The second-order valence-electron chi connectivity index (χ2n) is 6.91. The van der Waals surface area contributed by atoms with Gasteiger partial charge in [-0.05, 0) is 38.8 Å². The standard InChI is InChI=1S/C18H28N4O4S/c1-12-10-13(2)16(14(3)11-12)27(25,26)22-8-6-21(7-9-22)15(4)17(23)20-18(24)19-5/h10-11,15H,6-9H2,1-5H3,(H2,19,20,23,24)/t15-/m0/s1. The van der Waals surface area contributed by atoms with Crippen molar-refractivity contribution in [3.63, 3.8) is 0 Å². The summed E-state index contributed by atoms with van der Waals surface area (Å²) in [7, 11) is -2.15. The molecule has 1 atom stereocenters. The van der Waals surface area contributed by atoms with Crippen LogP contribution in [0.2, 0.25) is 0 Å². The maximum Gasteiger partial charge on any atom is 0.321 e. The minimum absolute atomic E-state index is 0.298. The number of amides is 3. The SMILES string of the molecule is CNC(=O)NC(=O)[C@H](C)N1CCN(S(=O)(=O)c2c(C)cc(C)cc2C)CC1. The molecule has 0 radical (unpaired) electrons. The Hall–Kier alpha value is -1.97. The second-order valence-corrected chi connectivity index (χ2v) is 8.79. The first kappa shape index (κ1) is 21.3. The molecule has 0 spiro atoms. The summed E-state index contributed by atoms with van der Waals surface area (Å²) in [6.45, 7) is 8.72. The summed E-state index contributed by atoms with van der Waals surface area (Å²) in [4.78, 5) is 25.6. The number of aryl methyl sites for hydroxylation is 3. The van der Waals surface area contributed by atoms with Gasteiger partial charge in [0.25, 0.3) is 0 Å². The second kappa shape index (κ2) is 8.37. The number of nitrogens with one attached hydrogen (secondary N) is 2. The molecule has 1 fully saturated rings. The Morgan fingerprint density at radius 3 is 2.04 bits per heavy atom. The molecule has 1 aromatic carbocycles. The predicted octanol–water partition coefficient (Wildman–Crippen LogP) is 0.762. The molecule has 1 aliphatic rings. The Morgan fingerprint density at radius 1 is 1.04 bits per heavy atom. The normalized spacial score (nSPS) is 17.4. The van der Waals surface area contributed by atoms with Gasteiger partial charge in [-0.2, -0.15) is 4.31 Å². The Kier molecular flexibility index (Phi) is 6.61. The summed E-state index contributed by atoms with van der Waals surface area (Å²) in [5, 5.41) is 4.59. The van der Waals surface area contributed by atoms with E-state index in [1.54, 1.807) is 6.92 Å². The third-order valence-electron chi connectivity index (χ3n) is 4.87. The average molecular weight is 397 g/mol. The first-order chi connectivity index (χ1) is 12.6. The van der Waals surface area contributed by atoms with Crippen LogP contribution in [0.4, 0.5) is 4.79 Å². The third-order valence-corrected chi connectivity index (χ3v) is 7.07. The van der Waals surface area contributed by atoms with Crippen LogP contribution in [0.15, 0.2) is 17.0 Å². The summed E-state index contributed by atoms with van der Waals surface area (Å²) in [6, 6.07) is 2.68. The monoisotopic (exact) mass is 396 g/mol. The topological polar surface area (TPSA) is 98.8 Å². The number of imide groups is 1. The molecule has 27 heavy (non-hydrogen) atoms. The number of benzene rings is 1. The molecule has 1 heterocycles. The molecule has 0 saturated carbocycles. The molecule has 9 heteroatoms. The van der Waals surface area contributed by atoms with Crippen molar-refractivity contribution in [2.75, 3.05) is 33.2 Å². The fourth-order valence-corrected chi connectivity index (χ4v) is 5.31. The van der Waals surface area contributed by atoms with Crippen LogP contribution < -0.4 is 10.6 Å². The zero-order valence-electron chi connectivity index (χ0n) is 16.5. The average Bonchev–Trinajstić information content (AvgIpc) is 2.59. The Labute approximate surface area is 161 Å². The lowest BCUT2D eigenvalue weighted by Crippen LogP contribution is -2.56. The Balaban J connectivity index is 2.09. The van der Waals surface area contributed by atoms with Crippen LogP contribution in [0.3, 0.4) is 0 Å². The van der Waals surface area contributed by atoms with E-state index in [-0.39, 0.29) is 0 Å². The first-order valence-corrected chi connectivity index (χ1v) is 10.4. The molecule has 2 rings (SSSR count). The number of nitrogens with zero attached hydrogens (tertiary/aromatic N) is 2. The van der Waals surface area contributed by atoms with E-state index < -0.39 is 28.0 Å². The van der Waals surface area contributed by atoms with Gasteiger partial charge in [0.2, 0.25) is 15.9 Å². The number of hydrogen-bond donors (Lipinski definition) is 2. The van der Waals surface area contributed by atoms with Crippen molar-refractivity contribution in [1.82, 2.24) is 19.8 Å². The van der Waals surface area contributed by atoms with Crippen molar-refractivity contribution >= 4 is 22.0 Å². The van der Waals surface area contributed by atoms with Crippen LogP contribution in [0.5, 0.6) is 0 Å². The van der Waals surface area contributed by atoms with Gasteiger partial charge < -0.3 is 5.32 Å². The van der Waals surface area contributed by atoms with Gasteiger partial charge in [-0.15, -0.1) is 0 Å². The number of urea groups is 1. The summed E-state index contributed by atoms with van der Waals surface area (Å²) >= 11 is 0. The minimum Gasteiger partial charge on any atom is -0.341 e. The number of hydrogen-bond acceptors (Lipinski definition) is 5. The summed E-state index contributed by atoms with van der Waals surface area (Å²) in [6.07, 6.45) is 0. The molecule has 0 bridgehead atoms. The quantitative estimate of drug-likeness (QED) is 0.783. The van der Waals surface area contributed by atoms with Crippen LogP contribution in [-0.2, 0) is 14.8 Å². The fourth-order valence-electron chi connectivity index (χ4n) is 3.48. The maximum atomic E-state index is 13.1. The first-order valence-electron chi connectivity index (χ1n) is 8.92. The van der Waals surface area contributed by atoms with Crippen molar-refractivity contribution in [3.05, 3.63) is 28.8 Å². The van der Waals surface area contributed by atoms with E-state index >= 15 is 0 Å². The highest BCUT2D eigenvalue weighted by atomic mass is 32.2. The number of rotatable bonds is 4. The summed E-state index contributed by atoms with van der Waals surface area (Å²) in [5.41, 5.74) is 2.52. The summed E-state index contributed by atoms with van der Waals surface area (Å²) in [5.74, 6) is -0.407. The lowest BCUT2D eigenvalue weighted by Gasteiger charge is -2.37. The molecule has 0 unspecified atom stereocenters. The minimum atomic E-state index is -3.59. The van der Waals surface area contributed by atoms with Gasteiger partial charge in [-0.25, -0.2) is 13.2 Å². The van der Waals surface area contributed by atoms with Crippen LogP contribution in [0.1, 0.15) is 23.6 Å². The van der Waals surface area contributed by atoms with Crippen molar-refractivity contribution < 1.29 is 18.0 Å². The third kappa shape index (κ3) is 4.66. The maximum absolute atomic E-state index is 13.1. The summed E-state index contributed by atoms with van der Waals surface area (Å²) < 4.78 is 27.7. The van der Waals surface area contributed by atoms with E-state index in [0.717, 1.165) is 16.7 Å². The molecule has 0 aromatic heterocycles. The lowest BCUT2D eigenvalue weighted by molar-refractivity contribution is -0.125. The fraction of sp³-hybridized carbons (Fsp3) is 0.556. The van der Waals surface area contributed by atoms with Gasteiger partial charge in [-0.1, -0.05) is 17.7 Å². The van der Waals surface area contributed by atoms with Gasteiger partial charge in [0, 0.05) is 33.2 Å². The smallest absolute Gasteiger partial charge is 0.321 e. The van der Waals surface area contributed by atoms with Crippen molar-refractivity contribution in [3.8, 4) is 0 Å². The molecular weight excluding hydrogens is 368 g/mol. The van der Waals surface area contributed by atoms with Gasteiger partial charge in [-0.3, -0.25) is 15.0 Å². The zero-order valence-corrected chi connectivity index (χ0v) is 17.3. The van der Waals surface area contributed by atoms with Gasteiger partial charge in [0.15, 0.2) is 0 Å². The van der Waals surface area contributed by atoms with Crippen LogP contribution in [0, 0.1) is 20.8 Å². The highest BCUT2D eigenvalue weighted by molar-refractivity contribution is 7.89. The molecule has 1 aromatic rings. The van der Waals surface area contributed by atoms with E-state index in [9.17, 15) is 18.0 Å². The Bertz CT molecular complexity index is 807. The number of piperazine rings is 1. The molecule has 2 N–H and O–H groups in total.